The predicted molar refractivity (Wildman–Crippen MR) is 71.2 cm³/mol. The summed E-state index contributed by atoms with van der Waals surface area (Å²) in [5.41, 5.74) is 5.43. The molecule has 7 heteroatoms. The Labute approximate surface area is 111 Å². The van der Waals surface area contributed by atoms with Crippen molar-refractivity contribution in [3.05, 3.63) is 17.8 Å². The van der Waals surface area contributed by atoms with E-state index < -0.39 is 5.60 Å². The number of oxime groups is 1. The van der Waals surface area contributed by atoms with Crippen LogP contribution in [0.2, 0.25) is 0 Å². The van der Waals surface area contributed by atoms with Crippen LogP contribution in [0.15, 0.2) is 17.4 Å². The van der Waals surface area contributed by atoms with Gasteiger partial charge in [-0.3, -0.25) is 0 Å². The number of hydrogen-bond acceptors (Lipinski definition) is 6. The zero-order valence-corrected chi connectivity index (χ0v) is 11.0. The molecule has 0 aromatic carbocycles. The lowest BCUT2D eigenvalue weighted by Crippen LogP contribution is -2.40. The Morgan fingerprint density at radius 2 is 2.21 bits per heavy atom. The smallest absolute Gasteiger partial charge is 0.173 e. The molecule has 1 saturated carbocycles. The Morgan fingerprint density at radius 3 is 2.84 bits per heavy atom. The van der Waals surface area contributed by atoms with Gasteiger partial charge in [-0.1, -0.05) is 18.0 Å². The summed E-state index contributed by atoms with van der Waals surface area (Å²) in [7, 11) is 1.81. The summed E-state index contributed by atoms with van der Waals surface area (Å²) in [5, 5.41) is 30.0. The van der Waals surface area contributed by atoms with Crippen molar-refractivity contribution in [2.24, 2.45) is 10.9 Å². The number of nitrogens with zero attached hydrogens (tertiary/aromatic N) is 4. The Kier molecular flexibility index (Phi) is 3.84. The van der Waals surface area contributed by atoms with Gasteiger partial charge in [-0.05, 0) is 18.9 Å². The number of anilines is 1. The van der Waals surface area contributed by atoms with Gasteiger partial charge in [-0.2, -0.15) is 5.10 Å². The number of likely N-dealkylation sites (N-methyl/N-ethyl adjacent to an activating group) is 1. The van der Waals surface area contributed by atoms with Gasteiger partial charge in [0.2, 0.25) is 0 Å². The average Bonchev–Trinajstić information content (AvgIpc) is 2.84. The fourth-order valence-electron chi connectivity index (χ4n) is 2.57. The van der Waals surface area contributed by atoms with E-state index >= 15 is 0 Å². The van der Waals surface area contributed by atoms with E-state index in [-0.39, 0.29) is 5.84 Å². The molecule has 2 rings (SSSR count). The van der Waals surface area contributed by atoms with Gasteiger partial charge in [0.25, 0.3) is 0 Å². The van der Waals surface area contributed by atoms with Gasteiger partial charge >= 0.3 is 0 Å². The van der Waals surface area contributed by atoms with E-state index in [0.29, 0.717) is 17.9 Å². The molecule has 0 amide bonds. The summed E-state index contributed by atoms with van der Waals surface area (Å²) in [6.45, 7) is 0.456. The molecule has 0 radical (unpaired) electrons. The minimum absolute atomic E-state index is 0.0184. The second-order valence-electron chi connectivity index (χ2n) is 5.04. The molecule has 19 heavy (non-hydrogen) atoms. The quantitative estimate of drug-likeness (QED) is 0.313. The monoisotopic (exact) mass is 265 g/mol. The van der Waals surface area contributed by atoms with Gasteiger partial charge in [-0.15, -0.1) is 5.10 Å². The lowest BCUT2D eigenvalue weighted by molar-refractivity contribution is 0.0557. The summed E-state index contributed by atoms with van der Waals surface area (Å²) in [6, 6.07) is 1.63. The highest BCUT2D eigenvalue weighted by Crippen LogP contribution is 2.31. The third-order valence-electron chi connectivity index (χ3n) is 3.51. The topological polar surface area (TPSA) is 108 Å². The summed E-state index contributed by atoms with van der Waals surface area (Å²) in [6.07, 6.45) is 5.14. The van der Waals surface area contributed by atoms with Crippen molar-refractivity contribution in [2.45, 2.75) is 31.3 Å². The zero-order valence-electron chi connectivity index (χ0n) is 11.0. The standard InChI is InChI=1S/C12H19N5O2/c1-17(8-12(18)5-2-3-6-12)11-9(10(13)16-19)4-7-14-15-11/h4,7,18-19H,2-3,5-6,8H2,1H3,(H2,13,16). The van der Waals surface area contributed by atoms with Crippen LogP contribution in [0.5, 0.6) is 0 Å². The van der Waals surface area contributed by atoms with Crippen molar-refractivity contribution in [1.29, 1.82) is 0 Å². The summed E-state index contributed by atoms with van der Waals surface area (Å²) in [4.78, 5) is 1.80. The molecule has 1 aliphatic carbocycles. The highest BCUT2D eigenvalue weighted by molar-refractivity contribution is 6.01. The molecule has 0 spiro atoms. The maximum Gasteiger partial charge on any atom is 0.173 e. The summed E-state index contributed by atoms with van der Waals surface area (Å²) in [5.74, 6) is 0.480. The van der Waals surface area contributed by atoms with Crippen LogP contribution >= 0.6 is 0 Å². The summed E-state index contributed by atoms with van der Waals surface area (Å²) >= 11 is 0. The molecule has 104 valence electrons. The van der Waals surface area contributed by atoms with E-state index in [1.54, 1.807) is 11.0 Å². The molecule has 1 heterocycles. The zero-order chi connectivity index (χ0) is 13.9. The van der Waals surface area contributed by atoms with Crippen molar-refractivity contribution in [2.75, 3.05) is 18.5 Å². The molecule has 7 nitrogen and oxygen atoms in total. The fourth-order valence-corrected chi connectivity index (χ4v) is 2.57. The van der Waals surface area contributed by atoms with E-state index in [4.69, 9.17) is 10.9 Å². The number of hydrogen-bond donors (Lipinski definition) is 3. The SMILES string of the molecule is CN(CC1(O)CCCC1)c1nnccc1/C(N)=N/O. The molecule has 1 aliphatic rings. The first kappa shape index (κ1) is 13.5. The lowest BCUT2D eigenvalue weighted by Gasteiger charge is -2.29. The highest BCUT2D eigenvalue weighted by Gasteiger charge is 2.33. The number of rotatable bonds is 4. The summed E-state index contributed by atoms with van der Waals surface area (Å²) < 4.78 is 0. The number of nitrogens with two attached hydrogens (primary N) is 1. The predicted octanol–water partition coefficient (Wildman–Crippen LogP) is 0.312. The largest absolute Gasteiger partial charge is 0.409 e. The normalized spacial score (nSPS) is 18.5. The van der Waals surface area contributed by atoms with E-state index in [2.05, 4.69) is 15.4 Å². The molecule has 0 saturated heterocycles. The first-order valence-corrected chi connectivity index (χ1v) is 6.29. The van der Waals surface area contributed by atoms with Gasteiger partial charge in [0.1, 0.15) is 0 Å². The lowest BCUT2D eigenvalue weighted by atomic mass is 10.0. The van der Waals surface area contributed by atoms with Gasteiger partial charge in [0.05, 0.1) is 17.4 Å². The van der Waals surface area contributed by atoms with E-state index in [0.717, 1.165) is 25.7 Å². The Morgan fingerprint density at radius 1 is 1.53 bits per heavy atom. The van der Waals surface area contributed by atoms with Crippen LogP contribution in [0.1, 0.15) is 31.2 Å². The van der Waals surface area contributed by atoms with Crippen molar-refractivity contribution in [3.63, 3.8) is 0 Å². The first-order valence-electron chi connectivity index (χ1n) is 6.29. The van der Waals surface area contributed by atoms with Crippen molar-refractivity contribution in [1.82, 2.24) is 10.2 Å². The van der Waals surface area contributed by atoms with Gasteiger partial charge in [0, 0.05) is 13.6 Å². The molecule has 1 aromatic heterocycles. The van der Waals surface area contributed by atoms with Gasteiger partial charge in [-0.25, -0.2) is 0 Å². The fraction of sp³-hybridized carbons (Fsp3) is 0.583. The molecule has 0 aliphatic heterocycles. The second kappa shape index (κ2) is 5.40. The highest BCUT2D eigenvalue weighted by atomic mass is 16.4. The van der Waals surface area contributed by atoms with E-state index in [9.17, 15) is 5.11 Å². The molecule has 0 bridgehead atoms. The number of amidine groups is 1. The minimum atomic E-state index is -0.686. The Hall–Kier alpha value is -1.89. The second-order valence-corrected chi connectivity index (χ2v) is 5.04. The van der Waals surface area contributed by atoms with E-state index in [1.165, 1.54) is 6.20 Å². The van der Waals surface area contributed by atoms with Crippen molar-refractivity contribution < 1.29 is 10.3 Å². The first-order chi connectivity index (χ1) is 9.06. The number of aromatic nitrogens is 2. The van der Waals surface area contributed by atoms with Gasteiger partial charge in [0.15, 0.2) is 11.7 Å². The van der Waals surface area contributed by atoms with Crippen LogP contribution in [0, 0.1) is 0 Å². The molecule has 4 N–H and O–H groups in total. The average molecular weight is 265 g/mol. The Balaban J connectivity index is 2.21. The minimum Gasteiger partial charge on any atom is -0.409 e. The van der Waals surface area contributed by atoms with Gasteiger partial charge < -0.3 is 20.9 Å². The van der Waals surface area contributed by atoms with Crippen molar-refractivity contribution >= 4 is 11.7 Å². The molecule has 0 unspecified atom stereocenters. The third kappa shape index (κ3) is 2.93. The molecule has 1 fully saturated rings. The molecular formula is C12H19N5O2. The van der Waals surface area contributed by atoms with Crippen LogP contribution in [0.4, 0.5) is 5.82 Å². The van der Waals surface area contributed by atoms with Crippen LogP contribution in [0.25, 0.3) is 0 Å². The Bertz CT molecular complexity index is 471. The van der Waals surface area contributed by atoms with Crippen LogP contribution in [-0.4, -0.2) is 45.5 Å². The van der Waals surface area contributed by atoms with Crippen molar-refractivity contribution in [3.8, 4) is 0 Å². The van der Waals surface area contributed by atoms with Crippen LogP contribution in [0.3, 0.4) is 0 Å². The maximum atomic E-state index is 10.4. The molecule has 1 aromatic rings. The van der Waals surface area contributed by atoms with Crippen LogP contribution in [-0.2, 0) is 0 Å². The maximum absolute atomic E-state index is 10.4. The number of aliphatic hydroxyl groups is 1. The molecule has 0 atom stereocenters. The van der Waals surface area contributed by atoms with E-state index in [1.807, 2.05) is 7.05 Å². The third-order valence-corrected chi connectivity index (χ3v) is 3.51. The van der Waals surface area contributed by atoms with Crippen LogP contribution < -0.4 is 10.6 Å². The molecular weight excluding hydrogens is 246 g/mol.